The maximum absolute atomic E-state index is 12.5. The average molecular weight is 356 g/mol. The zero-order valence-electron chi connectivity index (χ0n) is 15.7. The summed E-state index contributed by atoms with van der Waals surface area (Å²) in [4.78, 5) is 14.8. The van der Waals surface area contributed by atoms with E-state index in [2.05, 4.69) is 46.6 Å². The quantitative estimate of drug-likeness (QED) is 0.737. The van der Waals surface area contributed by atoms with Crippen LogP contribution in [0.15, 0.2) is 30.3 Å². The number of hydrogen-bond donors (Lipinski definition) is 1. The molecule has 0 fully saturated rings. The Bertz CT molecular complexity index is 727. The van der Waals surface area contributed by atoms with E-state index in [1.165, 1.54) is 5.56 Å². The first-order valence-electron chi connectivity index (χ1n) is 9.36. The van der Waals surface area contributed by atoms with E-state index in [4.69, 9.17) is 4.74 Å². The molecule has 3 rings (SSSR count). The molecule has 1 aliphatic heterocycles. The fourth-order valence-corrected chi connectivity index (χ4v) is 3.36. The van der Waals surface area contributed by atoms with Crippen LogP contribution in [0.1, 0.15) is 40.7 Å². The largest absolute Gasteiger partial charge is 0.376 e. The molecule has 140 valence electrons. The number of amides is 1. The number of nitrogens with one attached hydrogen (secondary N) is 1. The van der Waals surface area contributed by atoms with E-state index in [9.17, 15) is 4.79 Å². The Balaban J connectivity index is 1.46. The molecule has 6 heteroatoms. The fourth-order valence-electron chi connectivity index (χ4n) is 3.36. The summed E-state index contributed by atoms with van der Waals surface area (Å²) in [6, 6.07) is 10.4. The normalized spacial score (nSPS) is 13.7. The molecule has 1 aromatic heterocycles. The number of hydrogen-bond acceptors (Lipinski definition) is 4. The molecule has 1 aliphatic rings. The van der Waals surface area contributed by atoms with Crippen LogP contribution in [0.25, 0.3) is 0 Å². The number of ether oxygens (including phenoxy) is 1. The van der Waals surface area contributed by atoms with Crippen LogP contribution in [0, 0.1) is 0 Å². The minimum Gasteiger partial charge on any atom is -0.376 e. The van der Waals surface area contributed by atoms with Crippen LogP contribution in [0.2, 0.25) is 0 Å². The molecule has 1 amide bonds. The Kier molecular flexibility index (Phi) is 6.41. The highest BCUT2D eigenvalue weighted by Crippen LogP contribution is 2.20. The van der Waals surface area contributed by atoms with E-state index < -0.39 is 0 Å². The van der Waals surface area contributed by atoms with Crippen molar-refractivity contribution in [3.8, 4) is 0 Å². The maximum Gasteiger partial charge on any atom is 0.272 e. The molecule has 0 atom stereocenters. The monoisotopic (exact) mass is 356 g/mol. The van der Waals surface area contributed by atoms with Gasteiger partial charge in [-0.1, -0.05) is 30.3 Å². The number of nitrogens with zero attached hydrogens (tertiary/aromatic N) is 3. The number of rotatable bonds is 8. The number of benzene rings is 1. The van der Waals surface area contributed by atoms with Crippen molar-refractivity contribution in [2.24, 2.45) is 0 Å². The summed E-state index contributed by atoms with van der Waals surface area (Å²) in [6.07, 6.45) is 1.73. The molecule has 2 heterocycles. The SMILES string of the molecule is CCn1nc(C(=O)NCCCN(C)Cc2ccccc2)c2c1CCOC2. The van der Waals surface area contributed by atoms with Crippen molar-refractivity contribution in [3.63, 3.8) is 0 Å². The molecule has 0 bridgehead atoms. The lowest BCUT2D eigenvalue weighted by Crippen LogP contribution is -2.29. The van der Waals surface area contributed by atoms with Gasteiger partial charge < -0.3 is 15.0 Å². The van der Waals surface area contributed by atoms with E-state index in [1.54, 1.807) is 0 Å². The molecule has 0 saturated carbocycles. The first kappa shape index (κ1) is 18.6. The molecular formula is C20H28N4O2. The molecule has 6 nitrogen and oxygen atoms in total. The second-order valence-corrected chi connectivity index (χ2v) is 6.73. The minimum atomic E-state index is -0.0929. The van der Waals surface area contributed by atoms with Crippen LogP contribution in [-0.2, 0) is 30.9 Å². The smallest absolute Gasteiger partial charge is 0.272 e. The van der Waals surface area contributed by atoms with Crippen LogP contribution in [-0.4, -0.2) is 47.3 Å². The van der Waals surface area contributed by atoms with Crippen molar-refractivity contribution in [3.05, 3.63) is 52.8 Å². The van der Waals surface area contributed by atoms with Gasteiger partial charge in [0.05, 0.1) is 13.2 Å². The Hall–Kier alpha value is -2.18. The second kappa shape index (κ2) is 8.96. The van der Waals surface area contributed by atoms with Gasteiger partial charge in [-0.3, -0.25) is 9.48 Å². The van der Waals surface area contributed by atoms with Crippen LogP contribution < -0.4 is 5.32 Å². The highest BCUT2D eigenvalue weighted by atomic mass is 16.5. The van der Waals surface area contributed by atoms with Crippen LogP contribution in [0.4, 0.5) is 0 Å². The van der Waals surface area contributed by atoms with E-state index in [0.717, 1.165) is 43.7 Å². The van der Waals surface area contributed by atoms with Gasteiger partial charge in [0.15, 0.2) is 5.69 Å². The van der Waals surface area contributed by atoms with Crippen molar-refractivity contribution in [2.45, 2.75) is 39.5 Å². The van der Waals surface area contributed by atoms with Gasteiger partial charge in [0.2, 0.25) is 0 Å². The minimum absolute atomic E-state index is 0.0929. The molecular weight excluding hydrogens is 328 g/mol. The van der Waals surface area contributed by atoms with Crippen LogP contribution in [0.5, 0.6) is 0 Å². The summed E-state index contributed by atoms with van der Waals surface area (Å²) >= 11 is 0. The number of carbonyl (C=O) groups is 1. The lowest BCUT2D eigenvalue weighted by molar-refractivity contribution is 0.0923. The molecule has 0 saturated heterocycles. The lowest BCUT2D eigenvalue weighted by atomic mass is 10.1. The summed E-state index contributed by atoms with van der Waals surface area (Å²) in [5, 5.41) is 7.50. The van der Waals surface area contributed by atoms with Crippen molar-refractivity contribution >= 4 is 5.91 Å². The third-order valence-corrected chi connectivity index (χ3v) is 4.71. The summed E-state index contributed by atoms with van der Waals surface area (Å²) < 4.78 is 7.45. The van der Waals surface area contributed by atoms with Gasteiger partial charge >= 0.3 is 0 Å². The van der Waals surface area contributed by atoms with Gasteiger partial charge in [0, 0.05) is 37.3 Å². The van der Waals surface area contributed by atoms with Crippen LogP contribution in [0.3, 0.4) is 0 Å². The Morgan fingerprint density at radius 1 is 1.35 bits per heavy atom. The number of aromatic nitrogens is 2. The predicted octanol–water partition coefficient (Wildman–Crippen LogP) is 2.23. The molecule has 1 N–H and O–H groups in total. The Labute approximate surface area is 155 Å². The van der Waals surface area contributed by atoms with Gasteiger partial charge in [0.1, 0.15) is 0 Å². The van der Waals surface area contributed by atoms with Gasteiger partial charge in [-0.25, -0.2) is 0 Å². The summed E-state index contributed by atoms with van der Waals surface area (Å²) in [6.45, 7) is 6.51. The predicted molar refractivity (Wildman–Crippen MR) is 101 cm³/mol. The van der Waals surface area contributed by atoms with E-state index in [1.807, 2.05) is 17.7 Å². The van der Waals surface area contributed by atoms with Gasteiger partial charge in [-0.15, -0.1) is 0 Å². The van der Waals surface area contributed by atoms with Gasteiger partial charge in [0.25, 0.3) is 5.91 Å². The van der Waals surface area contributed by atoms with Gasteiger partial charge in [-0.05, 0) is 32.5 Å². The summed E-state index contributed by atoms with van der Waals surface area (Å²) in [5.41, 5.74) is 3.93. The first-order valence-corrected chi connectivity index (χ1v) is 9.36. The van der Waals surface area contributed by atoms with Crippen molar-refractivity contribution in [1.29, 1.82) is 0 Å². The lowest BCUT2D eigenvalue weighted by Gasteiger charge is -2.17. The second-order valence-electron chi connectivity index (χ2n) is 6.73. The Morgan fingerprint density at radius 2 is 2.15 bits per heavy atom. The summed E-state index contributed by atoms with van der Waals surface area (Å²) in [5.74, 6) is -0.0929. The van der Waals surface area contributed by atoms with E-state index >= 15 is 0 Å². The topological polar surface area (TPSA) is 59.4 Å². The number of carbonyl (C=O) groups excluding carboxylic acids is 1. The first-order chi connectivity index (χ1) is 12.7. The standard InChI is InChI=1S/C20H28N4O2/c1-3-24-18-10-13-26-15-17(18)19(22-24)20(25)21-11-7-12-23(2)14-16-8-5-4-6-9-16/h4-6,8-9H,3,7,10-15H2,1-2H3,(H,21,25). The molecule has 0 unspecified atom stereocenters. The van der Waals surface area contributed by atoms with Crippen molar-refractivity contribution in [2.75, 3.05) is 26.7 Å². The third kappa shape index (κ3) is 4.51. The van der Waals surface area contributed by atoms with Gasteiger partial charge in [-0.2, -0.15) is 5.10 Å². The fraction of sp³-hybridized carbons (Fsp3) is 0.500. The summed E-state index contributed by atoms with van der Waals surface area (Å²) in [7, 11) is 2.10. The third-order valence-electron chi connectivity index (χ3n) is 4.71. The Morgan fingerprint density at radius 3 is 2.92 bits per heavy atom. The zero-order chi connectivity index (χ0) is 18.4. The number of aryl methyl sites for hydroxylation is 1. The molecule has 0 aliphatic carbocycles. The average Bonchev–Trinajstić information content (AvgIpc) is 3.05. The zero-order valence-corrected chi connectivity index (χ0v) is 15.7. The highest BCUT2D eigenvalue weighted by molar-refractivity contribution is 5.94. The van der Waals surface area contributed by atoms with E-state index in [0.29, 0.717) is 25.5 Å². The van der Waals surface area contributed by atoms with Crippen molar-refractivity contribution < 1.29 is 9.53 Å². The molecule has 26 heavy (non-hydrogen) atoms. The molecule has 0 spiro atoms. The maximum atomic E-state index is 12.5. The van der Waals surface area contributed by atoms with Crippen LogP contribution >= 0.6 is 0 Å². The number of fused-ring (bicyclic) bond motifs is 1. The van der Waals surface area contributed by atoms with Crippen molar-refractivity contribution in [1.82, 2.24) is 20.0 Å². The molecule has 0 radical (unpaired) electrons. The highest BCUT2D eigenvalue weighted by Gasteiger charge is 2.24. The molecule has 1 aromatic carbocycles. The van der Waals surface area contributed by atoms with E-state index in [-0.39, 0.29) is 5.91 Å². The molecule has 2 aromatic rings.